The molecular formula is C18H22N2. The van der Waals surface area contributed by atoms with Gasteiger partial charge in [0, 0.05) is 24.8 Å². The van der Waals surface area contributed by atoms with Crippen LogP contribution in [-0.4, -0.2) is 6.54 Å². The van der Waals surface area contributed by atoms with Crippen molar-refractivity contribution in [2.75, 3.05) is 11.4 Å². The second-order valence-electron chi connectivity index (χ2n) is 5.55. The van der Waals surface area contributed by atoms with Gasteiger partial charge in [0.05, 0.1) is 0 Å². The van der Waals surface area contributed by atoms with Gasteiger partial charge < -0.3 is 10.6 Å². The van der Waals surface area contributed by atoms with Crippen LogP contribution in [0.15, 0.2) is 48.5 Å². The standard InChI is InChI=1S/C18H22N2/c1-2-18(19)15-7-9-17(10-8-15)20-12-11-14-5-3-4-6-16(14)13-20/h3-10,18H,2,11-13,19H2,1H3/t18-/m1/s1. The van der Waals surface area contributed by atoms with Gasteiger partial charge in [-0.15, -0.1) is 0 Å². The molecule has 0 bridgehead atoms. The summed E-state index contributed by atoms with van der Waals surface area (Å²) in [4.78, 5) is 2.45. The van der Waals surface area contributed by atoms with Crippen LogP contribution in [0.4, 0.5) is 5.69 Å². The Morgan fingerprint density at radius 3 is 2.45 bits per heavy atom. The number of hydrogen-bond acceptors (Lipinski definition) is 2. The third-order valence-corrected chi connectivity index (χ3v) is 4.26. The molecule has 3 rings (SSSR count). The normalized spacial score (nSPS) is 15.8. The number of nitrogens with two attached hydrogens (primary N) is 1. The number of rotatable bonds is 3. The van der Waals surface area contributed by atoms with Crippen LogP contribution in [0.1, 0.15) is 36.1 Å². The lowest BCUT2D eigenvalue weighted by Crippen LogP contribution is -2.30. The Labute approximate surface area is 121 Å². The van der Waals surface area contributed by atoms with E-state index in [-0.39, 0.29) is 6.04 Å². The fraction of sp³-hybridized carbons (Fsp3) is 0.333. The van der Waals surface area contributed by atoms with E-state index >= 15 is 0 Å². The maximum atomic E-state index is 6.07. The highest BCUT2D eigenvalue weighted by Crippen LogP contribution is 2.25. The van der Waals surface area contributed by atoms with Crippen LogP contribution in [-0.2, 0) is 13.0 Å². The van der Waals surface area contributed by atoms with Gasteiger partial charge in [-0.1, -0.05) is 43.3 Å². The van der Waals surface area contributed by atoms with E-state index in [2.05, 4.69) is 60.4 Å². The smallest absolute Gasteiger partial charge is 0.0432 e. The Morgan fingerprint density at radius 1 is 1.05 bits per heavy atom. The van der Waals surface area contributed by atoms with Crippen molar-refractivity contribution in [2.24, 2.45) is 5.73 Å². The van der Waals surface area contributed by atoms with Gasteiger partial charge in [0.25, 0.3) is 0 Å². The van der Waals surface area contributed by atoms with Crippen LogP contribution < -0.4 is 10.6 Å². The molecule has 2 aromatic carbocycles. The van der Waals surface area contributed by atoms with Crippen LogP contribution in [0.25, 0.3) is 0 Å². The fourth-order valence-electron chi connectivity index (χ4n) is 2.88. The summed E-state index contributed by atoms with van der Waals surface area (Å²) >= 11 is 0. The monoisotopic (exact) mass is 266 g/mol. The lowest BCUT2D eigenvalue weighted by molar-refractivity contribution is 0.697. The van der Waals surface area contributed by atoms with Crippen molar-refractivity contribution in [1.82, 2.24) is 0 Å². The lowest BCUT2D eigenvalue weighted by Gasteiger charge is -2.31. The molecule has 104 valence electrons. The van der Waals surface area contributed by atoms with Crippen molar-refractivity contribution >= 4 is 5.69 Å². The maximum Gasteiger partial charge on any atom is 0.0432 e. The van der Waals surface area contributed by atoms with Gasteiger partial charge in [-0.3, -0.25) is 0 Å². The number of benzene rings is 2. The summed E-state index contributed by atoms with van der Waals surface area (Å²) in [5.74, 6) is 0. The van der Waals surface area contributed by atoms with Gasteiger partial charge >= 0.3 is 0 Å². The first-order valence-electron chi connectivity index (χ1n) is 7.45. The average Bonchev–Trinajstić information content (AvgIpc) is 2.54. The zero-order chi connectivity index (χ0) is 13.9. The van der Waals surface area contributed by atoms with Crippen molar-refractivity contribution in [3.8, 4) is 0 Å². The maximum absolute atomic E-state index is 6.07. The SMILES string of the molecule is CC[C@@H](N)c1ccc(N2CCc3ccccc3C2)cc1. The van der Waals surface area contributed by atoms with E-state index in [1.54, 1.807) is 0 Å². The summed E-state index contributed by atoms with van der Waals surface area (Å²) in [5.41, 5.74) is 11.5. The van der Waals surface area contributed by atoms with E-state index in [1.165, 1.54) is 22.4 Å². The van der Waals surface area contributed by atoms with Crippen molar-refractivity contribution in [3.05, 3.63) is 65.2 Å². The molecule has 0 saturated carbocycles. The van der Waals surface area contributed by atoms with E-state index in [0.29, 0.717) is 0 Å². The zero-order valence-electron chi connectivity index (χ0n) is 12.0. The van der Waals surface area contributed by atoms with E-state index in [4.69, 9.17) is 5.73 Å². The predicted octanol–water partition coefficient (Wildman–Crippen LogP) is 3.66. The quantitative estimate of drug-likeness (QED) is 0.918. The largest absolute Gasteiger partial charge is 0.367 e. The third kappa shape index (κ3) is 2.56. The molecular weight excluding hydrogens is 244 g/mol. The molecule has 1 atom stereocenters. The summed E-state index contributed by atoms with van der Waals surface area (Å²) in [6.07, 6.45) is 2.11. The number of fused-ring (bicyclic) bond motifs is 1. The van der Waals surface area contributed by atoms with Crippen molar-refractivity contribution in [2.45, 2.75) is 32.4 Å². The molecule has 2 aromatic rings. The van der Waals surface area contributed by atoms with E-state index in [0.717, 1.165) is 25.9 Å². The van der Waals surface area contributed by atoms with E-state index < -0.39 is 0 Å². The molecule has 1 aliphatic rings. The molecule has 1 aliphatic heterocycles. The molecule has 0 radical (unpaired) electrons. The Kier molecular flexibility index (Phi) is 3.75. The van der Waals surface area contributed by atoms with Gasteiger partial charge in [-0.05, 0) is 41.7 Å². The molecule has 2 heteroatoms. The lowest BCUT2D eigenvalue weighted by atomic mass is 9.99. The first kappa shape index (κ1) is 13.2. The molecule has 0 fully saturated rings. The van der Waals surface area contributed by atoms with Crippen molar-refractivity contribution in [3.63, 3.8) is 0 Å². The molecule has 0 aromatic heterocycles. The average molecular weight is 266 g/mol. The molecule has 0 amide bonds. The van der Waals surface area contributed by atoms with Gasteiger partial charge in [-0.2, -0.15) is 0 Å². The highest BCUT2D eigenvalue weighted by Gasteiger charge is 2.16. The molecule has 1 heterocycles. The first-order valence-corrected chi connectivity index (χ1v) is 7.45. The van der Waals surface area contributed by atoms with Crippen molar-refractivity contribution < 1.29 is 0 Å². The minimum absolute atomic E-state index is 0.158. The van der Waals surface area contributed by atoms with Crippen LogP contribution in [0.2, 0.25) is 0 Å². The summed E-state index contributed by atoms with van der Waals surface area (Å²) in [5, 5.41) is 0. The summed E-state index contributed by atoms with van der Waals surface area (Å²) in [7, 11) is 0. The number of hydrogen-bond donors (Lipinski definition) is 1. The second kappa shape index (κ2) is 5.68. The number of anilines is 1. The third-order valence-electron chi connectivity index (χ3n) is 4.26. The Hall–Kier alpha value is -1.80. The molecule has 0 spiro atoms. The highest BCUT2D eigenvalue weighted by molar-refractivity contribution is 5.50. The molecule has 2 nitrogen and oxygen atoms in total. The Bertz CT molecular complexity index is 574. The van der Waals surface area contributed by atoms with Gasteiger partial charge in [-0.25, -0.2) is 0 Å². The number of nitrogens with zero attached hydrogens (tertiary/aromatic N) is 1. The summed E-state index contributed by atoms with van der Waals surface area (Å²) < 4.78 is 0. The van der Waals surface area contributed by atoms with Crippen LogP contribution in [0.5, 0.6) is 0 Å². The summed E-state index contributed by atoms with van der Waals surface area (Å²) in [6.45, 7) is 4.23. The van der Waals surface area contributed by atoms with Crippen LogP contribution in [0.3, 0.4) is 0 Å². The summed E-state index contributed by atoms with van der Waals surface area (Å²) in [6, 6.07) is 17.7. The minimum Gasteiger partial charge on any atom is -0.367 e. The molecule has 2 N–H and O–H groups in total. The highest BCUT2D eigenvalue weighted by atomic mass is 15.1. The molecule has 0 aliphatic carbocycles. The predicted molar refractivity (Wildman–Crippen MR) is 84.9 cm³/mol. The zero-order valence-corrected chi connectivity index (χ0v) is 12.0. The van der Waals surface area contributed by atoms with Crippen LogP contribution in [0, 0.1) is 0 Å². The van der Waals surface area contributed by atoms with Crippen molar-refractivity contribution in [1.29, 1.82) is 0 Å². The van der Waals surface area contributed by atoms with E-state index in [1.807, 2.05) is 0 Å². The van der Waals surface area contributed by atoms with Gasteiger partial charge in [0.1, 0.15) is 0 Å². The van der Waals surface area contributed by atoms with E-state index in [9.17, 15) is 0 Å². The minimum atomic E-state index is 0.158. The molecule has 0 saturated heterocycles. The van der Waals surface area contributed by atoms with Gasteiger partial charge in [0.15, 0.2) is 0 Å². The Balaban J connectivity index is 1.78. The molecule has 20 heavy (non-hydrogen) atoms. The fourth-order valence-corrected chi connectivity index (χ4v) is 2.88. The van der Waals surface area contributed by atoms with Crippen LogP contribution >= 0.6 is 0 Å². The van der Waals surface area contributed by atoms with Gasteiger partial charge in [0.2, 0.25) is 0 Å². The second-order valence-corrected chi connectivity index (χ2v) is 5.55. The molecule has 0 unspecified atom stereocenters. The topological polar surface area (TPSA) is 29.3 Å². The Morgan fingerprint density at radius 2 is 1.75 bits per heavy atom. The first-order chi connectivity index (χ1) is 9.78.